The van der Waals surface area contributed by atoms with Crippen molar-refractivity contribution in [2.75, 3.05) is 0 Å². The van der Waals surface area contributed by atoms with Crippen LogP contribution in [0.5, 0.6) is 0 Å². The van der Waals surface area contributed by atoms with Crippen LogP contribution in [0.15, 0.2) is 30.3 Å². The van der Waals surface area contributed by atoms with Gasteiger partial charge in [-0.2, -0.15) is 0 Å². The normalized spacial score (nSPS) is 19.1. The third-order valence-corrected chi connectivity index (χ3v) is 2.55. The lowest BCUT2D eigenvalue weighted by molar-refractivity contribution is 0.140. The van der Waals surface area contributed by atoms with Crippen LogP contribution in [-0.4, -0.2) is 10.7 Å². The second kappa shape index (κ2) is 2.91. The molecule has 0 unspecified atom stereocenters. The molecule has 0 heterocycles. The van der Waals surface area contributed by atoms with Crippen LogP contribution >= 0.6 is 0 Å². The van der Waals surface area contributed by atoms with E-state index >= 15 is 0 Å². The van der Waals surface area contributed by atoms with Gasteiger partial charge >= 0.3 is 0 Å². The van der Waals surface area contributed by atoms with Crippen LogP contribution in [0.2, 0.25) is 0 Å². The third-order valence-electron chi connectivity index (χ3n) is 2.55. The molecule has 1 N–H and O–H groups in total. The summed E-state index contributed by atoms with van der Waals surface area (Å²) < 4.78 is 0. The van der Waals surface area contributed by atoms with Crippen LogP contribution in [0.4, 0.5) is 0 Å². The molecule has 0 atom stereocenters. The lowest BCUT2D eigenvalue weighted by Crippen LogP contribution is -2.07. The lowest BCUT2D eigenvalue weighted by atomic mass is 10.1. The fraction of sp³-hybridized carbons (Fsp3) is 0.455. The van der Waals surface area contributed by atoms with Gasteiger partial charge in [0.15, 0.2) is 0 Å². The van der Waals surface area contributed by atoms with E-state index in [1.165, 1.54) is 5.56 Å². The zero-order valence-corrected chi connectivity index (χ0v) is 7.16. The molecule has 0 spiro atoms. The van der Waals surface area contributed by atoms with Gasteiger partial charge in [-0.05, 0) is 31.2 Å². The van der Waals surface area contributed by atoms with Gasteiger partial charge in [0.1, 0.15) is 0 Å². The van der Waals surface area contributed by atoms with Gasteiger partial charge in [0.05, 0.1) is 5.60 Å². The van der Waals surface area contributed by atoms with Crippen LogP contribution in [0.1, 0.15) is 24.8 Å². The molecule has 2 rings (SSSR count). The molecule has 0 bridgehead atoms. The van der Waals surface area contributed by atoms with Crippen LogP contribution in [-0.2, 0) is 6.42 Å². The minimum Gasteiger partial charge on any atom is -0.390 e. The maximum absolute atomic E-state index is 9.59. The SMILES string of the molecule is OC1(CCc2ccccc2)CC1. The fourth-order valence-corrected chi connectivity index (χ4v) is 1.42. The third kappa shape index (κ3) is 1.86. The zero-order valence-electron chi connectivity index (χ0n) is 7.16. The Hall–Kier alpha value is -0.820. The standard InChI is InChI=1S/C11H14O/c12-11(8-9-11)7-6-10-4-2-1-3-5-10/h1-5,12H,6-9H2. The Morgan fingerprint density at radius 1 is 1.17 bits per heavy atom. The van der Waals surface area contributed by atoms with Crippen molar-refractivity contribution in [1.82, 2.24) is 0 Å². The molecule has 1 aliphatic rings. The summed E-state index contributed by atoms with van der Waals surface area (Å²) in [5.41, 5.74) is 1.04. The largest absolute Gasteiger partial charge is 0.390 e. The predicted octanol–water partition coefficient (Wildman–Crippen LogP) is 2.14. The molecule has 1 saturated carbocycles. The van der Waals surface area contributed by atoms with Crippen molar-refractivity contribution in [2.24, 2.45) is 0 Å². The number of aliphatic hydroxyl groups is 1. The molecule has 1 aliphatic carbocycles. The van der Waals surface area contributed by atoms with Crippen LogP contribution in [0.25, 0.3) is 0 Å². The van der Waals surface area contributed by atoms with E-state index in [1.807, 2.05) is 18.2 Å². The first-order valence-corrected chi connectivity index (χ1v) is 4.55. The van der Waals surface area contributed by atoms with Crippen molar-refractivity contribution >= 4 is 0 Å². The van der Waals surface area contributed by atoms with E-state index < -0.39 is 0 Å². The summed E-state index contributed by atoms with van der Waals surface area (Å²) in [4.78, 5) is 0. The monoisotopic (exact) mass is 162 g/mol. The molecule has 64 valence electrons. The minimum absolute atomic E-state index is 0.296. The highest BCUT2D eigenvalue weighted by Gasteiger charge is 2.39. The van der Waals surface area contributed by atoms with Crippen molar-refractivity contribution < 1.29 is 5.11 Å². The summed E-state index contributed by atoms with van der Waals surface area (Å²) in [7, 11) is 0. The molecular formula is C11H14O. The molecule has 0 radical (unpaired) electrons. The Balaban J connectivity index is 1.88. The van der Waals surface area contributed by atoms with Crippen molar-refractivity contribution in [3.63, 3.8) is 0 Å². The Bertz CT molecular complexity index is 249. The van der Waals surface area contributed by atoms with Crippen molar-refractivity contribution in [2.45, 2.75) is 31.3 Å². The van der Waals surface area contributed by atoms with E-state index in [-0.39, 0.29) is 5.60 Å². The summed E-state index contributed by atoms with van der Waals surface area (Å²) in [6.45, 7) is 0. The van der Waals surface area contributed by atoms with Gasteiger partial charge in [0, 0.05) is 0 Å². The first-order chi connectivity index (χ1) is 5.79. The molecular weight excluding hydrogens is 148 g/mol. The van der Waals surface area contributed by atoms with E-state index in [0.29, 0.717) is 0 Å². The highest BCUT2D eigenvalue weighted by Crippen LogP contribution is 2.39. The number of rotatable bonds is 3. The molecule has 1 aromatic carbocycles. The molecule has 1 nitrogen and oxygen atoms in total. The maximum Gasteiger partial charge on any atom is 0.0653 e. The van der Waals surface area contributed by atoms with Crippen molar-refractivity contribution in [3.8, 4) is 0 Å². The van der Waals surface area contributed by atoms with E-state index in [4.69, 9.17) is 0 Å². The fourth-order valence-electron chi connectivity index (χ4n) is 1.42. The number of hydrogen-bond acceptors (Lipinski definition) is 1. The van der Waals surface area contributed by atoms with Crippen LogP contribution in [0, 0.1) is 0 Å². The number of benzene rings is 1. The Labute approximate surface area is 73.0 Å². The number of hydrogen-bond donors (Lipinski definition) is 1. The smallest absolute Gasteiger partial charge is 0.0653 e. The van der Waals surface area contributed by atoms with E-state index in [0.717, 1.165) is 25.7 Å². The highest BCUT2D eigenvalue weighted by molar-refractivity contribution is 5.15. The first-order valence-electron chi connectivity index (χ1n) is 4.55. The molecule has 0 aliphatic heterocycles. The summed E-state index contributed by atoms with van der Waals surface area (Å²) in [6, 6.07) is 10.4. The Morgan fingerprint density at radius 3 is 2.42 bits per heavy atom. The molecule has 1 heteroatoms. The van der Waals surface area contributed by atoms with Gasteiger partial charge in [-0.15, -0.1) is 0 Å². The zero-order chi connectivity index (χ0) is 8.44. The second-order valence-electron chi connectivity index (χ2n) is 3.71. The molecule has 12 heavy (non-hydrogen) atoms. The van der Waals surface area contributed by atoms with Crippen molar-refractivity contribution in [3.05, 3.63) is 35.9 Å². The average Bonchev–Trinajstić information content (AvgIpc) is 2.84. The lowest BCUT2D eigenvalue weighted by Gasteiger charge is -2.06. The van der Waals surface area contributed by atoms with Gasteiger partial charge in [0.2, 0.25) is 0 Å². The Morgan fingerprint density at radius 2 is 1.83 bits per heavy atom. The molecule has 0 amide bonds. The molecule has 0 saturated heterocycles. The summed E-state index contributed by atoms with van der Waals surface area (Å²) in [5.74, 6) is 0. The minimum atomic E-state index is -0.296. The first kappa shape index (κ1) is 7.81. The van der Waals surface area contributed by atoms with Crippen LogP contribution in [0.3, 0.4) is 0 Å². The molecule has 0 aromatic heterocycles. The van der Waals surface area contributed by atoms with E-state index in [1.54, 1.807) is 0 Å². The van der Waals surface area contributed by atoms with E-state index in [9.17, 15) is 5.11 Å². The van der Waals surface area contributed by atoms with Crippen LogP contribution < -0.4 is 0 Å². The molecule has 1 aromatic rings. The maximum atomic E-state index is 9.59. The van der Waals surface area contributed by atoms with Gasteiger partial charge in [-0.1, -0.05) is 30.3 Å². The quantitative estimate of drug-likeness (QED) is 0.722. The highest BCUT2D eigenvalue weighted by atomic mass is 16.3. The van der Waals surface area contributed by atoms with Gasteiger partial charge in [-0.3, -0.25) is 0 Å². The van der Waals surface area contributed by atoms with Crippen molar-refractivity contribution in [1.29, 1.82) is 0 Å². The second-order valence-corrected chi connectivity index (χ2v) is 3.71. The van der Waals surface area contributed by atoms with Gasteiger partial charge in [-0.25, -0.2) is 0 Å². The predicted molar refractivity (Wildman–Crippen MR) is 48.9 cm³/mol. The topological polar surface area (TPSA) is 20.2 Å². The Kier molecular flexibility index (Phi) is 1.89. The number of aryl methyl sites for hydroxylation is 1. The summed E-state index contributed by atoms with van der Waals surface area (Å²) in [6.07, 6.45) is 3.94. The summed E-state index contributed by atoms with van der Waals surface area (Å²) in [5, 5.41) is 9.59. The summed E-state index contributed by atoms with van der Waals surface area (Å²) >= 11 is 0. The average molecular weight is 162 g/mol. The van der Waals surface area contributed by atoms with Gasteiger partial charge in [0.25, 0.3) is 0 Å². The molecule has 1 fully saturated rings. The van der Waals surface area contributed by atoms with E-state index in [2.05, 4.69) is 12.1 Å². The van der Waals surface area contributed by atoms with Gasteiger partial charge < -0.3 is 5.11 Å².